The maximum atomic E-state index is 12.8. The molecule has 0 aliphatic carbocycles. The van der Waals surface area contributed by atoms with E-state index in [-0.39, 0.29) is 6.54 Å². The van der Waals surface area contributed by atoms with Crippen LogP contribution in [-0.4, -0.2) is 6.54 Å². The highest BCUT2D eigenvalue weighted by Crippen LogP contribution is 2.24. The molecule has 13 heavy (non-hydrogen) atoms. The fourth-order valence-electron chi connectivity index (χ4n) is 0.949. The van der Waals surface area contributed by atoms with E-state index in [0.717, 1.165) is 12.1 Å². The van der Waals surface area contributed by atoms with Gasteiger partial charge in [0.15, 0.2) is 11.6 Å². The fraction of sp³-hybridized carbons (Fsp3) is 0.250. The van der Waals surface area contributed by atoms with E-state index in [9.17, 15) is 8.78 Å². The lowest BCUT2D eigenvalue weighted by molar-refractivity contribution is 0.504. The van der Waals surface area contributed by atoms with Crippen molar-refractivity contribution in [2.45, 2.75) is 6.04 Å². The van der Waals surface area contributed by atoms with Crippen LogP contribution < -0.4 is 11.5 Å². The van der Waals surface area contributed by atoms with Gasteiger partial charge in [-0.2, -0.15) is 0 Å². The molecule has 0 spiro atoms. The van der Waals surface area contributed by atoms with Crippen LogP contribution in [0.5, 0.6) is 0 Å². The van der Waals surface area contributed by atoms with E-state index in [0.29, 0.717) is 10.0 Å². The molecule has 0 saturated carbocycles. The predicted octanol–water partition coefficient (Wildman–Crippen LogP) is 1.69. The third kappa shape index (κ3) is 2.24. The summed E-state index contributed by atoms with van der Waals surface area (Å²) < 4.78 is 25.8. The second kappa shape index (κ2) is 4.13. The van der Waals surface area contributed by atoms with E-state index in [1.54, 1.807) is 0 Å². The smallest absolute Gasteiger partial charge is 0.159 e. The van der Waals surface area contributed by atoms with Gasteiger partial charge in [-0.1, -0.05) is 15.9 Å². The third-order valence-electron chi connectivity index (χ3n) is 1.69. The maximum Gasteiger partial charge on any atom is 0.159 e. The van der Waals surface area contributed by atoms with Crippen molar-refractivity contribution in [3.05, 3.63) is 33.8 Å². The molecule has 1 unspecified atom stereocenters. The lowest BCUT2D eigenvalue weighted by Gasteiger charge is -2.11. The minimum absolute atomic E-state index is 0.184. The number of hydrogen-bond acceptors (Lipinski definition) is 2. The van der Waals surface area contributed by atoms with Crippen molar-refractivity contribution in [1.82, 2.24) is 0 Å². The molecular formula is C8H9BrF2N2. The Morgan fingerprint density at radius 2 is 1.85 bits per heavy atom. The second-order valence-corrected chi connectivity index (χ2v) is 3.48. The number of benzene rings is 1. The Morgan fingerprint density at radius 1 is 1.31 bits per heavy atom. The fourth-order valence-corrected chi connectivity index (χ4v) is 1.56. The lowest BCUT2D eigenvalue weighted by atomic mass is 10.1. The first-order chi connectivity index (χ1) is 6.06. The summed E-state index contributed by atoms with van der Waals surface area (Å²) in [4.78, 5) is 0. The van der Waals surface area contributed by atoms with Crippen LogP contribution in [-0.2, 0) is 0 Å². The van der Waals surface area contributed by atoms with Crippen LogP contribution in [0.15, 0.2) is 16.6 Å². The normalized spacial score (nSPS) is 13.0. The van der Waals surface area contributed by atoms with Crippen LogP contribution in [0.3, 0.4) is 0 Å². The van der Waals surface area contributed by atoms with Gasteiger partial charge in [-0.3, -0.25) is 0 Å². The van der Waals surface area contributed by atoms with Crippen LogP contribution in [0, 0.1) is 11.6 Å². The lowest BCUT2D eigenvalue weighted by Crippen LogP contribution is -2.21. The van der Waals surface area contributed by atoms with Gasteiger partial charge in [-0.25, -0.2) is 8.78 Å². The molecule has 0 amide bonds. The van der Waals surface area contributed by atoms with E-state index in [2.05, 4.69) is 15.9 Å². The van der Waals surface area contributed by atoms with Gasteiger partial charge in [0, 0.05) is 17.1 Å². The predicted molar refractivity (Wildman–Crippen MR) is 50.0 cm³/mol. The highest BCUT2D eigenvalue weighted by molar-refractivity contribution is 9.10. The van der Waals surface area contributed by atoms with Gasteiger partial charge in [0.2, 0.25) is 0 Å². The standard InChI is InChI=1S/C8H9BrF2N2/c9-5-2-7(11)6(10)1-4(5)8(13)3-12/h1-2,8H,3,12-13H2. The van der Waals surface area contributed by atoms with Gasteiger partial charge >= 0.3 is 0 Å². The Hall–Kier alpha value is -0.520. The van der Waals surface area contributed by atoms with Gasteiger partial charge in [-0.15, -0.1) is 0 Å². The summed E-state index contributed by atoms with van der Waals surface area (Å²) in [5.41, 5.74) is 11.3. The zero-order valence-electron chi connectivity index (χ0n) is 6.73. The minimum atomic E-state index is -0.915. The highest BCUT2D eigenvalue weighted by atomic mass is 79.9. The van der Waals surface area contributed by atoms with E-state index in [1.165, 1.54) is 0 Å². The Kier molecular flexibility index (Phi) is 3.35. The van der Waals surface area contributed by atoms with Gasteiger partial charge in [0.25, 0.3) is 0 Å². The van der Waals surface area contributed by atoms with Crippen molar-refractivity contribution in [1.29, 1.82) is 0 Å². The molecule has 1 aromatic rings. The third-order valence-corrected chi connectivity index (χ3v) is 2.38. The van der Waals surface area contributed by atoms with E-state index < -0.39 is 17.7 Å². The molecule has 1 atom stereocenters. The molecule has 0 aliphatic rings. The van der Waals surface area contributed by atoms with Crippen LogP contribution >= 0.6 is 15.9 Å². The molecule has 0 aliphatic heterocycles. The van der Waals surface area contributed by atoms with Gasteiger partial charge in [0.1, 0.15) is 0 Å². The average molecular weight is 251 g/mol. The van der Waals surface area contributed by atoms with Crippen LogP contribution in [0.4, 0.5) is 8.78 Å². The summed E-state index contributed by atoms with van der Waals surface area (Å²) in [5, 5.41) is 0. The Bertz CT molecular complexity index is 317. The van der Waals surface area contributed by atoms with Gasteiger partial charge in [-0.05, 0) is 17.7 Å². The summed E-state index contributed by atoms with van der Waals surface area (Å²) in [6.07, 6.45) is 0. The molecule has 5 heteroatoms. The van der Waals surface area contributed by atoms with Crippen molar-refractivity contribution in [3.63, 3.8) is 0 Å². The van der Waals surface area contributed by atoms with E-state index in [1.807, 2.05) is 0 Å². The van der Waals surface area contributed by atoms with Crippen LogP contribution in [0.25, 0.3) is 0 Å². The molecule has 4 N–H and O–H groups in total. The zero-order chi connectivity index (χ0) is 10.0. The molecule has 0 bridgehead atoms. The summed E-state index contributed by atoms with van der Waals surface area (Å²) in [7, 11) is 0. The maximum absolute atomic E-state index is 12.8. The Labute approximate surface area is 83.0 Å². The first-order valence-corrected chi connectivity index (χ1v) is 4.45. The van der Waals surface area contributed by atoms with Crippen molar-refractivity contribution in [2.24, 2.45) is 11.5 Å². The van der Waals surface area contributed by atoms with Gasteiger partial charge in [0.05, 0.1) is 0 Å². The number of hydrogen-bond donors (Lipinski definition) is 2. The quantitative estimate of drug-likeness (QED) is 0.786. The molecule has 0 saturated heterocycles. The molecule has 0 heterocycles. The van der Waals surface area contributed by atoms with Crippen molar-refractivity contribution < 1.29 is 8.78 Å². The van der Waals surface area contributed by atoms with Crippen LogP contribution in [0.2, 0.25) is 0 Å². The largest absolute Gasteiger partial charge is 0.329 e. The first-order valence-electron chi connectivity index (χ1n) is 3.66. The van der Waals surface area contributed by atoms with Gasteiger partial charge < -0.3 is 11.5 Å². The topological polar surface area (TPSA) is 52.0 Å². The van der Waals surface area contributed by atoms with Crippen molar-refractivity contribution in [3.8, 4) is 0 Å². The summed E-state index contributed by atoms with van der Waals surface area (Å²) >= 11 is 3.08. The second-order valence-electron chi connectivity index (χ2n) is 2.63. The molecular weight excluding hydrogens is 242 g/mol. The summed E-state index contributed by atoms with van der Waals surface area (Å²) in [6, 6.07) is 1.61. The number of nitrogens with two attached hydrogens (primary N) is 2. The molecule has 1 rings (SSSR count). The molecule has 1 aromatic carbocycles. The monoisotopic (exact) mass is 250 g/mol. The SMILES string of the molecule is NCC(N)c1cc(F)c(F)cc1Br. The van der Waals surface area contributed by atoms with Crippen LogP contribution in [0.1, 0.15) is 11.6 Å². The highest BCUT2D eigenvalue weighted by Gasteiger charge is 2.12. The van der Waals surface area contributed by atoms with E-state index in [4.69, 9.17) is 11.5 Å². The average Bonchev–Trinajstić information content (AvgIpc) is 2.10. The minimum Gasteiger partial charge on any atom is -0.329 e. The number of rotatable bonds is 2. The molecule has 0 fully saturated rings. The summed E-state index contributed by atoms with van der Waals surface area (Å²) in [6.45, 7) is 0.184. The molecule has 72 valence electrons. The van der Waals surface area contributed by atoms with Crippen molar-refractivity contribution >= 4 is 15.9 Å². The molecule has 0 aromatic heterocycles. The van der Waals surface area contributed by atoms with E-state index >= 15 is 0 Å². The van der Waals surface area contributed by atoms with Crippen molar-refractivity contribution in [2.75, 3.05) is 6.54 Å². The zero-order valence-corrected chi connectivity index (χ0v) is 8.31. The Balaban J connectivity index is 3.15. The Morgan fingerprint density at radius 3 is 2.38 bits per heavy atom. The molecule has 0 radical (unpaired) electrons. The first kappa shape index (κ1) is 10.6. The number of halogens is 3. The molecule has 2 nitrogen and oxygen atoms in total. The summed E-state index contributed by atoms with van der Waals surface area (Å²) in [5.74, 6) is -1.82.